The van der Waals surface area contributed by atoms with Gasteiger partial charge in [0.15, 0.2) is 0 Å². The van der Waals surface area contributed by atoms with Crippen LogP contribution in [-0.2, 0) is 9.53 Å². The van der Waals surface area contributed by atoms with Crippen LogP contribution in [-0.4, -0.2) is 36.6 Å². The molecule has 3 aliphatic heterocycles. The van der Waals surface area contributed by atoms with Gasteiger partial charge in [-0.3, -0.25) is 9.69 Å². The first-order valence-corrected chi connectivity index (χ1v) is 6.68. The van der Waals surface area contributed by atoms with Crippen molar-refractivity contribution in [2.24, 2.45) is 5.92 Å². The molecular weight excluding hydrogens is 226 g/mol. The normalized spacial score (nSPS) is 34.3. The molecule has 96 valence electrons. The van der Waals surface area contributed by atoms with Gasteiger partial charge in [0.05, 0.1) is 0 Å². The molecule has 1 aromatic carbocycles. The van der Waals surface area contributed by atoms with Gasteiger partial charge in [0.1, 0.15) is 6.10 Å². The first-order chi connectivity index (χ1) is 8.74. The molecule has 3 aliphatic rings. The number of fused-ring (bicyclic) bond motifs is 3. The third-order valence-corrected chi connectivity index (χ3v) is 4.21. The smallest absolute Gasteiger partial charge is 0.302 e. The summed E-state index contributed by atoms with van der Waals surface area (Å²) < 4.78 is 5.50. The maximum absolute atomic E-state index is 11.2. The molecule has 3 saturated heterocycles. The van der Waals surface area contributed by atoms with Gasteiger partial charge in [0, 0.05) is 31.8 Å². The van der Waals surface area contributed by atoms with E-state index in [1.54, 1.807) is 0 Å². The number of benzene rings is 1. The Kier molecular flexibility index (Phi) is 3.08. The largest absolute Gasteiger partial charge is 0.461 e. The minimum atomic E-state index is -0.152. The molecule has 0 saturated carbocycles. The molecule has 0 radical (unpaired) electrons. The Morgan fingerprint density at radius 3 is 2.72 bits per heavy atom. The number of hydrogen-bond acceptors (Lipinski definition) is 3. The van der Waals surface area contributed by atoms with Crippen LogP contribution in [0.5, 0.6) is 0 Å². The van der Waals surface area contributed by atoms with Crippen molar-refractivity contribution in [2.45, 2.75) is 25.4 Å². The minimum absolute atomic E-state index is 0.0789. The Hall–Kier alpha value is -1.35. The number of carbonyl (C=O) groups is 1. The van der Waals surface area contributed by atoms with E-state index in [1.165, 1.54) is 12.5 Å². The Morgan fingerprint density at radius 1 is 1.28 bits per heavy atom. The van der Waals surface area contributed by atoms with Gasteiger partial charge in [-0.1, -0.05) is 30.3 Å². The van der Waals surface area contributed by atoms with Crippen LogP contribution in [0.4, 0.5) is 0 Å². The Bertz CT molecular complexity index is 431. The lowest BCUT2D eigenvalue weighted by molar-refractivity contribution is -0.157. The van der Waals surface area contributed by atoms with Crippen molar-refractivity contribution in [1.29, 1.82) is 0 Å². The number of piperidine rings is 3. The van der Waals surface area contributed by atoms with Crippen LogP contribution in [0.15, 0.2) is 30.3 Å². The first kappa shape index (κ1) is 11.7. The summed E-state index contributed by atoms with van der Waals surface area (Å²) in [5.41, 5.74) is 1.38. The summed E-state index contributed by atoms with van der Waals surface area (Å²) in [5.74, 6) is 0.847. The number of carbonyl (C=O) groups excluding carboxylic acids is 1. The SMILES string of the molecule is CC(=O)O[C@@H]1CN2CC[C@@H]1[C@H](c1ccccc1)C2. The van der Waals surface area contributed by atoms with E-state index >= 15 is 0 Å². The predicted molar refractivity (Wildman–Crippen MR) is 69.3 cm³/mol. The van der Waals surface area contributed by atoms with Crippen molar-refractivity contribution in [3.05, 3.63) is 35.9 Å². The lowest BCUT2D eigenvalue weighted by Gasteiger charge is -2.49. The summed E-state index contributed by atoms with van der Waals surface area (Å²) >= 11 is 0. The quantitative estimate of drug-likeness (QED) is 0.747. The highest BCUT2D eigenvalue weighted by molar-refractivity contribution is 5.66. The van der Waals surface area contributed by atoms with E-state index in [0.717, 1.165) is 26.1 Å². The molecule has 18 heavy (non-hydrogen) atoms. The zero-order valence-electron chi connectivity index (χ0n) is 10.7. The average molecular weight is 245 g/mol. The lowest BCUT2D eigenvalue weighted by atomic mass is 9.74. The van der Waals surface area contributed by atoms with Crippen LogP contribution >= 0.6 is 0 Å². The number of rotatable bonds is 2. The second kappa shape index (κ2) is 4.73. The fourth-order valence-electron chi connectivity index (χ4n) is 3.43. The molecule has 1 aromatic rings. The fourth-order valence-corrected chi connectivity index (χ4v) is 3.43. The molecule has 3 heterocycles. The van der Waals surface area contributed by atoms with Crippen LogP contribution in [0.1, 0.15) is 24.8 Å². The third-order valence-electron chi connectivity index (χ3n) is 4.21. The zero-order valence-corrected chi connectivity index (χ0v) is 10.7. The topological polar surface area (TPSA) is 29.5 Å². The maximum Gasteiger partial charge on any atom is 0.302 e. The van der Waals surface area contributed by atoms with Gasteiger partial charge >= 0.3 is 5.97 Å². The van der Waals surface area contributed by atoms with Gasteiger partial charge in [-0.05, 0) is 18.5 Å². The molecule has 3 heteroatoms. The third kappa shape index (κ3) is 2.15. The van der Waals surface area contributed by atoms with Gasteiger partial charge in [-0.25, -0.2) is 0 Å². The summed E-state index contributed by atoms with van der Waals surface area (Å²) in [6.07, 6.45) is 1.22. The number of nitrogens with zero attached hydrogens (tertiary/aromatic N) is 1. The van der Waals surface area contributed by atoms with Crippen molar-refractivity contribution in [2.75, 3.05) is 19.6 Å². The van der Waals surface area contributed by atoms with Crippen molar-refractivity contribution in [3.8, 4) is 0 Å². The predicted octanol–water partition coefficient (Wildman–Crippen LogP) is 2.04. The summed E-state index contributed by atoms with van der Waals surface area (Å²) in [6.45, 7) is 4.67. The standard InChI is InChI=1S/C15H19NO2/c1-11(17)18-15-10-16-8-7-13(15)14(9-16)12-5-3-2-4-6-12/h2-6,13-15H,7-10H2,1H3/t13-,14+,15-/m1/s1. The second-order valence-corrected chi connectivity index (χ2v) is 5.38. The molecule has 4 atom stereocenters. The summed E-state index contributed by atoms with van der Waals surface area (Å²) in [5, 5.41) is 0. The monoisotopic (exact) mass is 245 g/mol. The molecule has 0 amide bonds. The molecule has 3 nitrogen and oxygen atoms in total. The first-order valence-electron chi connectivity index (χ1n) is 6.68. The van der Waals surface area contributed by atoms with Crippen molar-refractivity contribution in [3.63, 3.8) is 0 Å². The van der Waals surface area contributed by atoms with E-state index in [4.69, 9.17) is 4.74 Å². The van der Waals surface area contributed by atoms with Gasteiger partial charge in [-0.2, -0.15) is 0 Å². The summed E-state index contributed by atoms with van der Waals surface area (Å²) in [7, 11) is 0. The van der Waals surface area contributed by atoms with Crippen LogP contribution < -0.4 is 0 Å². The highest BCUT2D eigenvalue weighted by Gasteiger charge is 2.43. The summed E-state index contributed by atoms with van der Waals surface area (Å²) in [4.78, 5) is 13.6. The Balaban J connectivity index is 1.82. The van der Waals surface area contributed by atoms with Crippen molar-refractivity contribution < 1.29 is 9.53 Å². The molecule has 4 rings (SSSR count). The molecule has 2 bridgehead atoms. The molecule has 3 fully saturated rings. The minimum Gasteiger partial charge on any atom is -0.461 e. The molecule has 1 unspecified atom stereocenters. The molecular formula is C15H19NO2. The fraction of sp³-hybridized carbons (Fsp3) is 0.533. The highest BCUT2D eigenvalue weighted by Crippen LogP contribution is 2.40. The van der Waals surface area contributed by atoms with Crippen LogP contribution in [0.25, 0.3) is 0 Å². The number of esters is 1. The molecule has 0 spiro atoms. The van der Waals surface area contributed by atoms with E-state index in [-0.39, 0.29) is 12.1 Å². The van der Waals surface area contributed by atoms with Crippen molar-refractivity contribution >= 4 is 5.97 Å². The Labute approximate surface area is 108 Å². The van der Waals surface area contributed by atoms with Gasteiger partial charge in [0.2, 0.25) is 0 Å². The van der Waals surface area contributed by atoms with Crippen LogP contribution in [0.3, 0.4) is 0 Å². The van der Waals surface area contributed by atoms with Crippen LogP contribution in [0.2, 0.25) is 0 Å². The lowest BCUT2D eigenvalue weighted by Crippen LogP contribution is -2.55. The van der Waals surface area contributed by atoms with Crippen molar-refractivity contribution in [1.82, 2.24) is 4.90 Å². The van der Waals surface area contributed by atoms with E-state index in [2.05, 4.69) is 35.2 Å². The second-order valence-electron chi connectivity index (χ2n) is 5.38. The van der Waals surface area contributed by atoms with Gasteiger partial charge in [0.25, 0.3) is 0 Å². The van der Waals surface area contributed by atoms with E-state index < -0.39 is 0 Å². The van der Waals surface area contributed by atoms with E-state index in [0.29, 0.717) is 11.8 Å². The number of hydrogen-bond donors (Lipinski definition) is 0. The summed E-state index contributed by atoms with van der Waals surface area (Å²) in [6, 6.07) is 10.6. The van der Waals surface area contributed by atoms with Gasteiger partial charge in [-0.15, -0.1) is 0 Å². The highest BCUT2D eigenvalue weighted by atomic mass is 16.5. The van der Waals surface area contributed by atoms with E-state index in [1.807, 2.05) is 0 Å². The molecule has 0 aliphatic carbocycles. The maximum atomic E-state index is 11.2. The van der Waals surface area contributed by atoms with Crippen LogP contribution in [0, 0.1) is 5.92 Å². The van der Waals surface area contributed by atoms with Gasteiger partial charge < -0.3 is 4.74 Å². The molecule has 0 aromatic heterocycles. The van der Waals surface area contributed by atoms with E-state index in [9.17, 15) is 4.79 Å². The number of ether oxygens (including phenoxy) is 1. The molecule has 0 N–H and O–H groups in total. The Morgan fingerprint density at radius 2 is 2.06 bits per heavy atom. The zero-order chi connectivity index (χ0) is 12.5. The average Bonchev–Trinajstić information content (AvgIpc) is 2.39.